The summed E-state index contributed by atoms with van der Waals surface area (Å²) in [7, 11) is 1.46. The van der Waals surface area contributed by atoms with Crippen LogP contribution in [-0.4, -0.2) is 25.4 Å². The fourth-order valence-corrected chi connectivity index (χ4v) is 1.04. The molecule has 1 aliphatic rings. The molecule has 0 radical (unpaired) electrons. The van der Waals surface area contributed by atoms with Gasteiger partial charge in [-0.05, 0) is 0 Å². The molecule has 2 amide bonds. The van der Waals surface area contributed by atoms with E-state index in [2.05, 4.69) is 10.6 Å². The minimum absolute atomic E-state index is 0.0451. The molecule has 0 bridgehead atoms. The largest absolute Gasteiger partial charge is 0.401 e. The van der Waals surface area contributed by atoms with Crippen molar-refractivity contribution >= 4 is 11.8 Å². The summed E-state index contributed by atoms with van der Waals surface area (Å²) in [6.45, 7) is 0.505. The number of rotatable bonds is 1. The van der Waals surface area contributed by atoms with Crippen LogP contribution in [0.5, 0.6) is 0 Å². The van der Waals surface area contributed by atoms with Crippen LogP contribution in [0.15, 0.2) is 11.3 Å². The molecule has 5 nitrogen and oxygen atoms in total. The molecule has 0 aromatic rings. The fourth-order valence-electron chi connectivity index (χ4n) is 1.04. The molecular weight excluding hydrogens is 158 g/mol. The highest BCUT2D eigenvalue weighted by molar-refractivity contribution is 6.19. The van der Waals surface area contributed by atoms with Crippen molar-refractivity contribution < 1.29 is 9.59 Å². The number of hydrogen-bond donors (Lipinski definition) is 3. The Labute approximate surface area is 70.0 Å². The van der Waals surface area contributed by atoms with Crippen LogP contribution in [0, 0.1) is 0 Å². The Morgan fingerprint density at radius 2 is 2.33 bits per heavy atom. The second kappa shape index (κ2) is 3.25. The summed E-state index contributed by atoms with van der Waals surface area (Å²) < 4.78 is 0. The van der Waals surface area contributed by atoms with Gasteiger partial charge >= 0.3 is 0 Å². The van der Waals surface area contributed by atoms with Gasteiger partial charge in [-0.1, -0.05) is 0 Å². The van der Waals surface area contributed by atoms with Crippen molar-refractivity contribution in [1.29, 1.82) is 0 Å². The summed E-state index contributed by atoms with van der Waals surface area (Å²) in [4.78, 5) is 22.2. The summed E-state index contributed by atoms with van der Waals surface area (Å²) in [6, 6.07) is 0. The van der Waals surface area contributed by atoms with Gasteiger partial charge in [0, 0.05) is 25.7 Å². The van der Waals surface area contributed by atoms with Gasteiger partial charge in [0.2, 0.25) is 0 Å². The second-order valence-electron chi connectivity index (χ2n) is 2.49. The molecule has 0 spiro atoms. The number of likely N-dealkylation sites (N-methyl/N-ethyl adjacent to an activating group) is 1. The molecule has 1 aliphatic heterocycles. The molecule has 0 aromatic carbocycles. The van der Waals surface area contributed by atoms with Crippen molar-refractivity contribution in [3.8, 4) is 0 Å². The summed E-state index contributed by atoms with van der Waals surface area (Å²) in [5.74, 6) is -0.817. The second-order valence-corrected chi connectivity index (χ2v) is 2.49. The van der Waals surface area contributed by atoms with Crippen LogP contribution in [0.4, 0.5) is 0 Å². The summed E-state index contributed by atoms with van der Waals surface area (Å²) in [5, 5.41) is 4.90. The lowest BCUT2D eigenvalue weighted by atomic mass is 10.1. The number of amides is 2. The summed E-state index contributed by atoms with van der Waals surface area (Å²) >= 11 is 0. The quantitative estimate of drug-likeness (QED) is 0.416. The summed E-state index contributed by atoms with van der Waals surface area (Å²) in [5.41, 5.74) is 5.91. The fraction of sp³-hybridized carbons (Fsp3) is 0.429. The third kappa shape index (κ3) is 1.39. The van der Waals surface area contributed by atoms with E-state index in [1.54, 1.807) is 0 Å². The van der Waals surface area contributed by atoms with Crippen LogP contribution >= 0.6 is 0 Å². The van der Waals surface area contributed by atoms with Crippen molar-refractivity contribution in [2.45, 2.75) is 6.42 Å². The molecule has 0 aliphatic carbocycles. The van der Waals surface area contributed by atoms with Gasteiger partial charge in [-0.2, -0.15) is 0 Å². The molecule has 0 aromatic heterocycles. The standard InChI is InChI=1S/C7H11N3O2/c1-9-6(11)5-4(8)2-3-10-7(5)12/h2-3,8H2,1H3,(H,9,11)(H,10,12). The number of carbonyl (C=O) groups excluding carboxylic acids is 2. The Morgan fingerprint density at radius 3 is 2.83 bits per heavy atom. The molecular formula is C7H11N3O2. The highest BCUT2D eigenvalue weighted by Crippen LogP contribution is 2.07. The van der Waals surface area contributed by atoms with E-state index in [-0.39, 0.29) is 5.57 Å². The third-order valence-corrected chi connectivity index (χ3v) is 1.68. The van der Waals surface area contributed by atoms with Gasteiger partial charge in [0.05, 0.1) is 0 Å². The molecule has 1 heterocycles. The van der Waals surface area contributed by atoms with Crippen LogP contribution in [0.1, 0.15) is 6.42 Å². The van der Waals surface area contributed by atoms with Crippen LogP contribution in [0.3, 0.4) is 0 Å². The van der Waals surface area contributed by atoms with Crippen LogP contribution in [0.25, 0.3) is 0 Å². The van der Waals surface area contributed by atoms with Crippen LogP contribution in [-0.2, 0) is 9.59 Å². The third-order valence-electron chi connectivity index (χ3n) is 1.68. The Hall–Kier alpha value is -1.52. The van der Waals surface area contributed by atoms with E-state index >= 15 is 0 Å². The maximum absolute atomic E-state index is 11.1. The maximum Gasteiger partial charge on any atom is 0.258 e. The van der Waals surface area contributed by atoms with Crippen molar-refractivity contribution in [2.24, 2.45) is 5.73 Å². The Morgan fingerprint density at radius 1 is 1.67 bits per heavy atom. The number of nitrogens with one attached hydrogen (secondary N) is 2. The van der Waals surface area contributed by atoms with E-state index in [9.17, 15) is 9.59 Å². The number of nitrogens with two attached hydrogens (primary N) is 1. The molecule has 0 atom stereocenters. The van der Waals surface area contributed by atoms with Gasteiger partial charge in [-0.3, -0.25) is 9.59 Å². The number of hydrogen-bond acceptors (Lipinski definition) is 3. The predicted octanol–water partition coefficient (Wildman–Crippen LogP) is -1.53. The van der Waals surface area contributed by atoms with Crippen molar-refractivity contribution in [1.82, 2.24) is 10.6 Å². The van der Waals surface area contributed by atoms with E-state index in [4.69, 9.17) is 5.73 Å². The predicted molar refractivity (Wildman–Crippen MR) is 42.9 cm³/mol. The molecule has 66 valence electrons. The molecule has 1 rings (SSSR count). The smallest absolute Gasteiger partial charge is 0.258 e. The molecule has 0 unspecified atom stereocenters. The first kappa shape index (κ1) is 8.58. The zero-order valence-electron chi connectivity index (χ0n) is 6.81. The van der Waals surface area contributed by atoms with Gasteiger partial charge in [0.25, 0.3) is 11.8 Å². The highest BCUT2D eigenvalue weighted by atomic mass is 16.2. The lowest BCUT2D eigenvalue weighted by Crippen LogP contribution is -2.39. The monoisotopic (exact) mass is 169 g/mol. The highest BCUT2D eigenvalue weighted by Gasteiger charge is 2.23. The van der Waals surface area contributed by atoms with Gasteiger partial charge in [0.1, 0.15) is 5.57 Å². The first-order chi connectivity index (χ1) is 5.66. The van der Waals surface area contributed by atoms with Crippen LogP contribution in [0.2, 0.25) is 0 Å². The maximum atomic E-state index is 11.1. The van der Waals surface area contributed by atoms with Gasteiger partial charge in [-0.15, -0.1) is 0 Å². The number of carbonyl (C=O) groups is 2. The lowest BCUT2D eigenvalue weighted by molar-refractivity contribution is -0.123. The van der Waals surface area contributed by atoms with E-state index in [0.717, 1.165) is 0 Å². The Kier molecular flexibility index (Phi) is 2.32. The summed E-state index contributed by atoms with van der Waals surface area (Å²) in [6.07, 6.45) is 0.536. The Bertz CT molecular complexity index is 257. The van der Waals surface area contributed by atoms with E-state index < -0.39 is 11.8 Å². The SMILES string of the molecule is CNC(=O)C1=C(N)CCNC1=O. The molecule has 0 saturated heterocycles. The van der Waals surface area contributed by atoms with Crippen molar-refractivity contribution in [3.05, 3.63) is 11.3 Å². The van der Waals surface area contributed by atoms with E-state index in [1.807, 2.05) is 0 Å². The lowest BCUT2D eigenvalue weighted by Gasteiger charge is -2.16. The molecule has 5 heteroatoms. The molecule has 4 N–H and O–H groups in total. The minimum atomic E-state index is -0.426. The molecule has 0 saturated carbocycles. The van der Waals surface area contributed by atoms with E-state index in [1.165, 1.54) is 7.05 Å². The average Bonchev–Trinajstić information content (AvgIpc) is 2.03. The molecule has 0 fully saturated rings. The van der Waals surface area contributed by atoms with E-state index in [0.29, 0.717) is 18.7 Å². The van der Waals surface area contributed by atoms with Crippen LogP contribution < -0.4 is 16.4 Å². The van der Waals surface area contributed by atoms with Gasteiger partial charge < -0.3 is 16.4 Å². The first-order valence-electron chi connectivity index (χ1n) is 3.65. The average molecular weight is 169 g/mol. The molecule has 12 heavy (non-hydrogen) atoms. The first-order valence-corrected chi connectivity index (χ1v) is 3.65. The Balaban J connectivity index is 2.96. The van der Waals surface area contributed by atoms with Gasteiger partial charge in [-0.25, -0.2) is 0 Å². The minimum Gasteiger partial charge on any atom is -0.401 e. The van der Waals surface area contributed by atoms with Crippen molar-refractivity contribution in [2.75, 3.05) is 13.6 Å². The topological polar surface area (TPSA) is 84.2 Å². The van der Waals surface area contributed by atoms with Gasteiger partial charge in [0.15, 0.2) is 0 Å². The van der Waals surface area contributed by atoms with Crippen molar-refractivity contribution in [3.63, 3.8) is 0 Å². The normalized spacial score (nSPS) is 17.2. The zero-order chi connectivity index (χ0) is 9.14. The zero-order valence-corrected chi connectivity index (χ0v) is 6.81.